The Morgan fingerprint density at radius 2 is 2.07 bits per heavy atom. The topological polar surface area (TPSA) is 32.7 Å². The molecule has 1 aromatic rings. The molecule has 0 bridgehead atoms. The van der Waals surface area contributed by atoms with Gasteiger partial charge in [0.15, 0.2) is 0 Å². The molecule has 0 aromatic heterocycles. The van der Waals surface area contributed by atoms with E-state index in [1.54, 1.807) is 0 Å². The molecule has 0 radical (unpaired) electrons. The Balaban J connectivity index is 2.23. The van der Waals surface area contributed by atoms with Crippen molar-refractivity contribution >= 4 is 0 Å². The zero-order chi connectivity index (χ0) is 10.0. The Hall–Kier alpha value is -0.900. The maximum Gasteiger partial charge on any atom is 0.205 e. The molecular formula is C11H15NO2. The summed E-state index contributed by atoms with van der Waals surface area (Å²) in [6.07, 6.45) is 0. The molecule has 1 N–H and O–H groups in total. The quantitative estimate of drug-likeness (QED) is 0.716. The number of likely N-dealkylation sites (N-methyl/N-ethyl adjacent to an activating group) is 1. The Morgan fingerprint density at radius 1 is 1.36 bits per heavy atom. The van der Waals surface area contributed by atoms with Crippen molar-refractivity contribution in [1.29, 1.82) is 0 Å². The van der Waals surface area contributed by atoms with Gasteiger partial charge in [-0.15, -0.1) is 0 Å². The third-order valence-corrected chi connectivity index (χ3v) is 2.52. The second-order valence-corrected chi connectivity index (χ2v) is 3.74. The summed E-state index contributed by atoms with van der Waals surface area (Å²) < 4.78 is 5.44. The number of morpholine rings is 1. The van der Waals surface area contributed by atoms with Gasteiger partial charge in [-0.05, 0) is 7.05 Å². The summed E-state index contributed by atoms with van der Waals surface area (Å²) in [7, 11) is 1.98. The van der Waals surface area contributed by atoms with Crippen molar-refractivity contribution in [3.8, 4) is 0 Å². The second-order valence-electron chi connectivity index (χ2n) is 3.74. The fourth-order valence-corrected chi connectivity index (χ4v) is 1.73. The monoisotopic (exact) mass is 193 g/mol. The molecule has 1 aromatic carbocycles. The van der Waals surface area contributed by atoms with Gasteiger partial charge in [-0.3, -0.25) is 4.90 Å². The first-order valence-electron chi connectivity index (χ1n) is 4.81. The molecule has 1 saturated heterocycles. The van der Waals surface area contributed by atoms with Crippen LogP contribution in [0.1, 0.15) is 5.56 Å². The van der Waals surface area contributed by atoms with Crippen LogP contribution in [0.2, 0.25) is 0 Å². The summed E-state index contributed by atoms with van der Waals surface area (Å²) in [5, 5.41) is 10.2. The van der Waals surface area contributed by atoms with Crippen LogP contribution in [0.4, 0.5) is 0 Å². The summed E-state index contributed by atoms with van der Waals surface area (Å²) in [6.45, 7) is 1.97. The zero-order valence-corrected chi connectivity index (χ0v) is 8.31. The van der Waals surface area contributed by atoms with Crippen molar-refractivity contribution in [3.05, 3.63) is 35.9 Å². The Labute approximate surface area is 83.9 Å². The number of hydrogen-bond acceptors (Lipinski definition) is 3. The van der Waals surface area contributed by atoms with Crippen molar-refractivity contribution in [3.63, 3.8) is 0 Å². The summed E-state index contributed by atoms with van der Waals surface area (Å²) in [6, 6.07) is 9.52. The highest BCUT2D eigenvalue weighted by molar-refractivity contribution is 5.20. The molecule has 3 heteroatoms. The summed E-state index contributed by atoms with van der Waals surface area (Å²) >= 11 is 0. The van der Waals surface area contributed by atoms with Crippen molar-refractivity contribution < 1.29 is 9.84 Å². The lowest BCUT2D eigenvalue weighted by Crippen LogP contribution is -2.48. The highest BCUT2D eigenvalue weighted by atomic mass is 16.6. The van der Waals surface area contributed by atoms with Crippen LogP contribution < -0.4 is 0 Å². The molecule has 1 heterocycles. The molecule has 0 saturated carbocycles. The molecule has 1 aliphatic rings. The Morgan fingerprint density at radius 3 is 2.71 bits per heavy atom. The van der Waals surface area contributed by atoms with E-state index in [9.17, 15) is 5.11 Å². The van der Waals surface area contributed by atoms with Gasteiger partial charge in [0.25, 0.3) is 0 Å². The smallest absolute Gasteiger partial charge is 0.205 e. The molecule has 0 amide bonds. The predicted octanol–water partition coefficient (Wildman–Crippen LogP) is 0.794. The molecule has 0 spiro atoms. The van der Waals surface area contributed by atoms with E-state index in [-0.39, 0.29) is 0 Å². The van der Waals surface area contributed by atoms with Crippen LogP contribution in [0, 0.1) is 0 Å². The largest absolute Gasteiger partial charge is 0.361 e. The van der Waals surface area contributed by atoms with Crippen molar-refractivity contribution in [2.75, 3.05) is 26.7 Å². The van der Waals surface area contributed by atoms with Crippen molar-refractivity contribution in [1.82, 2.24) is 4.90 Å². The van der Waals surface area contributed by atoms with Crippen LogP contribution in [0.3, 0.4) is 0 Å². The van der Waals surface area contributed by atoms with E-state index in [1.165, 1.54) is 0 Å². The molecule has 1 fully saturated rings. The lowest BCUT2D eigenvalue weighted by Gasteiger charge is -2.37. The van der Waals surface area contributed by atoms with Crippen LogP contribution in [0.5, 0.6) is 0 Å². The maximum absolute atomic E-state index is 10.2. The van der Waals surface area contributed by atoms with Crippen molar-refractivity contribution in [2.45, 2.75) is 5.79 Å². The molecular weight excluding hydrogens is 178 g/mol. The predicted molar refractivity (Wildman–Crippen MR) is 53.8 cm³/mol. The third kappa shape index (κ3) is 1.80. The van der Waals surface area contributed by atoms with Gasteiger partial charge in [-0.2, -0.15) is 0 Å². The van der Waals surface area contributed by atoms with E-state index in [0.717, 1.165) is 12.1 Å². The minimum atomic E-state index is -1.13. The van der Waals surface area contributed by atoms with Crippen LogP contribution >= 0.6 is 0 Å². The van der Waals surface area contributed by atoms with E-state index >= 15 is 0 Å². The number of aliphatic hydroxyl groups is 1. The molecule has 14 heavy (non-hydrogen) atoms. The Kier molecular flexibility index (Phi) is 2.54. The first kappa shape index (κ1) is 9.65. The van der Waals surface area contributed by atoms with Crippen LogP contribution in [0.15, 0.2) is 30.3 Å². The van der Waals surface area contributed by atoms with Gasteiger partial charge < -0.3 is 9.84 Å². The molecule has 3 nitrogen and oxygen atoms in total. The van der Waals surface area contributed by atoms with Gasteiger partial charge in [0.1, 0.15) is 0 Å². The summed E-state index contributed by atoms with van der Waals surface area (Å²) in [5.74, 6) is -1.13. The molecule has 76 valence electrons. The van der Waals surface area contributed by atoms with Crippen LogP contribution in [0.25, 0.3) is 0 Å². The van der Waals surface area contributed by atoms with E-state index in [2.05, 4.69) is 4.90 Å². The van der Waals surface area contributed by atoms with Crippen molar-refractivity contribution in [2.24, 2.45) is 0 Å². The number of β-amino-alcohol motifs (C(OH)–C–C–N with tert-alkyl or cyclic N) is 1. The fourth-order valence-electron chi connectivity index (χ4n) is 1.73. The summed E-state index contributed by atoms with van der Waals surface area (Å²) in [4.78, 5) is 2.07. The minimum absolute atomic E-state index is 0.525. The first-order chi connectivity index (χ1) is 6.71. The first-order valence-corrected chi connectivity index (χ1v) is 4.81. The lowest BCUT2D eigenvalue weighted by atomic mass is 10.0. The van der Waals surface area contributed by atoms with E-state index in [0.29, 0.717) is 13.2 Å². The van der Waals surface area contributed by atoms with Crippen LogP contribution in [-0.2, 0) is 10.5 Å². The highest BCUT2D eigenvalue weighted by Gasteiger charge is 2.34. The minimum Gasteiger partial charge on any atom is -0.361 e. The lowest BCUT2D eigenvalue weighted by molar-refractivity contribution is -0.245. The molecule has 0 aliphatic carbocycles. The molecule has 2 rings (SSSR count). The number of nitrogens with zero attached hydrogens (tertiary/aromatic N) is 1. The van der Waals surface area contributed by atoms with E-state index in [1.807, 2.05) is 37.4 Å². The highest BCUT2D eigenvalue weighted by Crippen LogP contribution is 2.25. The van der Waals surface area contributed by atoms with E-state index < -0.39 is 5.79 Å². The average Bonchev–Trinajstić information content (AvgIpc) is 2.19. The second kappa shape index (κ2) is 3.69. The average molecular weight is 193 g/mol. The van der Waals surface area contributed by atoms with Gasteiger partial charge in [-0.25, -0.2) is 0 Å². The van der Waals surface area contributed by atoms with Gasteiger partial charge >= 0.3 is 0 Å². The number of benzene rings is 1. The molecule has 1 aliphatic heterocycles. The molecule has 1 unspecified atom stereocenters. The van der Waals surface area contributed by atoms with Gasteiger partial charge in [0, 0.05) is 12.1 Å². The Bertz CT molecular complexity index is 301. The summed E-state index contributed by atoms with van der Waals surface area (Å²) in [5.41, 5.74) is 0.826. The zero-order valence-electron chi connectivity index (χ0n) is 8.31. The van der Waals surface area contributed by atoms with E-state index in [4.69, 9.17) is 4.74 Å². The number of rotatable bonds is 1. The van der Waals surface area contributed by atoms with Gasteiger partial charge in [-0.1, -0.05) is 30.3 Å². The molecule has 1 atom stereocenters. The maximum atomic E-state index is 10.2. The SMILES string of the molecule is CN1CCOC(O)(c2ccccc2)C1. The van der Waals surface area contributed by atoms with Crippen LogP contribution in [-0.4, -0.2) is 36.8 Å². The third-order valence-electron chi connectivity index (χ3n) is 2.52. The standard InChI is InChI=1S/C11H15NO2/c1-12-7-8-14-11(13,9-12)10-5-3-2-4-6-10/h2-6,13H,7-9H2,1H3. The van der Waals surface area contributed by atoms with Gasteiger partial charge in [0.05, 0.1) is 13.2 Å². The van der Waals surface area contributed by atoms with Gasteiger partial charge in [0.2, 0.25) is 5.79 Å². The fraction of sp³-hybridized carbons (Fsp3) is 0.455. The number of ether oxygens (including phenoxy) is 1. The normalized spacial score (nSPS) is 29.0. The number of hydrogen-bond donors (Lipinski definition) is 1.